The van der Waals surface area contributed by atoms with Gasteiger partial charge < -0.3 is 0 Å². The lowest BCUT2D eigenvalue weighted by atomic mass is 10.2. The van der Waals surface area contributed by atoms with Crippen molar-refractivity contribution in [3.63, 3.8) is 0 Å². The number of aromatic nitrogens is 4. The zero-order valence-corrected chi connectivity index (χ0v) is 17.9. The van der Waals surface area contributed by atoms with Gasteiger partial charge in [-0.05, 0) is 50.2 Å². The van der Waals surface area contributed by atoms with Gasteiger partial charge in [-0.1, -0.05) is 29.4 Å². The summed E-state index contributed by atoms with van der Waals surface area (Å²) in [5.74, 6) is 1.34. The summed E-state index contributed by atoms with van der Waals surface area (Å²) in [4.78, 5) is 4.06. The van der Waals surface area contributed by atoms with Gasteiger partial charge in [-0.2, -0.15) is 0 Å². The third-order valence-corrected chi connectivity index (χ3v) is 7.02. The van der Waals surface area contributed by atoms with Crippen LogP contribution in [0.1, 0.15) is 12.0 Å². The number of hydrogen-bond donors (Lipinski definition) is 1. The SMILES string of the molecule is CNS(=O)(=O)CCCSc1nnc(-c2ccncc2)n1-c1cccc(Cl)c1C. The number of pyridine rings is 1. The Hall–Kier alpha value is -1.94. The molecule has 0 unspecified atom stereocenters. The van der Waals surface area contributed by atoms with Crippen molar-refractivity contribution in [2.75, 3.05) is 18.6 Å². The Bertz CT molecular complexity index is 1060. The second-order valence-electron chi connectivity index (χ2n) is 5.99. The van der Waals surface area contributed by atoms with Crippen LogP contribution in [0.5, 0.6) is 0 Å². The molecule has 2 aromatic heterocycles. The van der Waals surface area contributed by atoms with Crippen LogP contribution in [-0.4, -0.2) is 46.7 Å². The van der Waals surface area contributed by atoms with Crippen LogP contribution in [-0.2, 0) is 10.0 Å². The van der Waals surface area contributed by atoms with E-state index in [-0.39, 0.29) is 5.75 Å². The molecule has 0 radical (unpaired) electrons. The Morgan fingerprint density at radius 1 is 1.18 bits per heavy atom. The molecule has 2 heterocycles. The lowest BCUT2D eigenvalue weighted by Crippen LogP contribution is -2.22. The van der Waals surface area contributed by atoms with Crippen LogP contribution in [0.25, 0.3) is 17.1 Å². The number of nitrogens with one attached hydrogen (secondary N) is 1. The first-order valence-corrected chi connectivity index (χ1v) is 11.6. The summed E-state index contributed by atoms with van der Waals surface area (Å²) in [5.41, 5.74) is 2.68. The fraction of sp³-hybridized carbons (Fsp3) is 0.278. The van der Waals surface area contributed by atoms with Gasteiger partial charge in [-0.25, -0.2) is 13.1 Å². The van der Waals surface area contributed by atoms with Gasteiger partial charge in [-0.15, -0.1) is 10.2 Å². The smallest absolute Gasteiger partial charge is 0.211 e. The van der Waals surface area contributed by atoms with Gasteiger partial charge in [-0.3, -0.25) is 9.55 Å². The maximum Gasteiger partial charge on any atom is 0.211 e. The molecular formula is C18H20ClN5O2S2. The molecule has 7 nitrogen and oxygen atoms in total. The molecule has 0 aliphatic rings. The van der Waals surface area contributed by atoms with Crippen molar-refractivity contribution in [1.82, 2.24) is 24.5 Å². The number of nitrogens with zero attached hydrogens (tertiary/aromatic N) is 4. The molecule has 0 aliphatic carbocycles. The van der Waals surface area contributed by atoms with Gasteiger partial charge in [0.2, 0.25) is 10.0 Å². The van der Waals surface area contributed by atoms with Crippen LogP contribution in [0.15, 0.2) is 47.9 Å². The van der Waals surface area contributed by atoms with Crippen LogP contribution in [0.3, 0.4) is 0 Å². The van der Waals surface area contributed by atoms with E-state index in [1.807, 2.05) is 41.8 Å². The van der Waals surface area contributed by atoms with Crippen molar-refractivity contribution in [1.29, 1.82) is 0 Å². The number of rotatable bonds is 8. The Kier molecular flexibility index (Phi) is 6.71. The molecule has 0 atom stereocenters. The van der Waals surface area contributed by atoms with Crippen molar-refractivity contribution in [2.45, 2.75) is 18.5 Å². The summed E-state index contributed by atoms with van der Waals surface area (Å²) < 4.78 is 27.5. The van der Waals surface area contributed by atoms with Crippen molar-refractivity contribution in [3.05, 3.63) is 53.3 Å². The quantitative estimate of drug-likeness (QED) is 0.429. The van der Waals surface area contributed by atoms with E-state index in [1.165, 1.54) is 18.8 Å². The molecule has 10 heteroatoms. The highest BCUT2D eigenvalue weighted by atomic mass is 35.5. The van der Waals surface area contributed by atoms with Crippen LogP contribution in [0, 0.1) is 6.92 Å². The summed E-state index contributed by atoms with van der Waals surface area (Å²) >= 11 is 7.79. The molecule has 0 fully saturated rings. The molecular weight excluding hydrogens is 418 g/mol. The van der Waals surface area contributed by atoms with Gasteiger partial charge in [0, 0.05) is 28.7 Å². The maximum atomic E-state index is 11.6. The zero-order chi connectivity index (χ0) is 20.1. The van der Waals surface area contributed by atoms with Gasteiger partial charge in [0.15, 0.2) is 11.0 Å². The fourth-order valence-corrected chi connectivity index (χ4v) is 4.59. The molecule has 1 N–H and O–H groups in total. The van der Waals surface area contributed by atoms with Crippen molar-refractivity contribution in [3.8, 4) is 17.1 Å². The standard InChI is InChI=1S/C18H20ClN5O2S2/c1-13-15(19)5-3-6-16(13)24-17(14-7-9-21-10-8-14)22-23-18(24)27-11-4-12-28(25,26)20-2/h3,5-10,20H,4,11-12H2,1-2H3. The molecule has 3 rings (SSSR count). The summed E-state index contributed by atoms with van der Waals surface area (Å²) in [7, 11) is -1.80. The van der Waals surface area contributed by atoms with E-state index in [1.54, 1.807) is 12.4 Å². The highest BCUT2D eigenvalue weighted by molar-refractivity contribution is 7.99. The first-order chi connectivity index (χ1) is 13.4. The monoisotopic (exact) mass is 437 g/mol. The van der Waals surface area contributed by atoms with E-state index < -0.39 is 10.0 Å². The molecule has 0 saturated heterocycles. The summed E-state index contributed by atoms with van der Waals surface area (Å²) in [5, 5.41) is 10.0. The van der Waals surface area contributed by atoms with Crippen molar-refractivity contribution >= 4 is 33.4 Å². The average molecular weight is 438 g/mol. The molecule has 0 bridgehead atoms. The van der Waals surface area contributed by atoms with Gasteiger partial charge in [0.1, 0.15) is 0 Å². The molecule has 0 amide bonds. The van der Waals surface area contributed by atoms with Gasteiger partial charge >= 0.3 is 0 Å². The lowest BCUT2D eigenvalue weighted by Gasteiger charge is -2.13. The van der Waals surface area contributed by atoms with Crippen LogP contribution < -0.4 is 4.72 Å². The van der Waals surface area contributed by atoms with Crippen LogP contribution >= 0.6 is 23.4 Å². The number of halogens is 1. The molecule has 3 aromatic rings. The first kappa shape index (κ1) is 20.8. The minimum Gasteiger partial charge on any atom is -0.270 e. The normalized spacial score (nSPS) is 11.7. The Morgan fingerprint density at radius 3 is 2.64 bits per heavy atom. The molecule has 0 spiro atoms. The predicted octanol–water partition coefficient (Wildman–Crippen LogP) is 3.32. The van der Waals surface area contributed by atoms with Gasteiger partial charge in [0.25, 0.3) is 0 Å². The number of thioether (sulfide) groups is 1. The van der Waals surface area contributed by atoms with Crippen molar-refractivity contribution < 1.29 is 8.42 Å². The second kappa shape index (κ2) is 9.04. The number of benzene rings is 1. The second-order valence-corrected chi connectivity index (χ2v) is 9.50. The molecule has 148 valence electrons. The minimum atomic E-state index is -3.22. The summed E-state index contributed by atoms with van der Waals surface area (Å²) in [6, 6.07) is 9.43. The highest BCUT2D eigenvalue weighted by Crippen LogP contribution is 2.31. The topological polar surface area (TPSA) is 89.8 Å². The third-order valence-electron chi connectivity index (χ3n) is 4.15. The predicted molar refractivity (Wildman–Crippen MR) is 113 cm³/mol. The molecule has 0 saturated carbocycles. The van der Waals surface area contributed by atoms with E-state index >= 15 is 0 Å². The van der Waals surface area contributed by atoms with E-state index in [0.29, 0.717) is 28.2 Å². The number of sulfonamides is 1. The lowest BCUT2D eigenvalue weighted by molar-refractivity contribution is 0.587. The van der Waals surface area contributed by atoms with Crippen molar-refractivity contribution in [2.24, 2.45) is 0 Å². The molecule has 0 aliphatic heterocycles. The maximum absolute atomic E-state index is 11.6. The summed E-state index contributed by atoms with van der Waals surface area (Å²) in [6.45, 7) is 1.95. The third kappa shape index (κ3) is 4.72. The van der Waals surface area contributed by atoms with E-state index in [9.17, 15) is 8.42 Å². The van der Waals surface area contributed by atoms with E-state index in [2.05, 4.69) is 19.9 Å². The fourth-order valence-electron chi connectivity index (χ4n) is 2.62. The molecule has 1 aromatic carbocycles. The summed E-state index contributed by atoms with van der Waals surface area (Å²) in [6.07, 6.45) is 3.91. The van der Waals surface area contributed by atoms with E-state index in [4.69, 9.17) is 11.6 Å². The Morgan fingerprint density at radius 2 is 1.93 bits per heavy atom. The van der Waals surface area contributed by atoms with Crippen LogP contribution in [0.4, 0.5) is 0 Å². The number of hydrogen-bond acceptors (Lipinski definition) is 6. The largest absolute Gasteiger partial charge is 0.270 e. The molecule has 28 heavy (non-hydrogen) atoms. The first-order valence-electron chi connectivity index (χ1n) is 8.58. The Balaban J connectivity index is 1.95. The highest BCUT2D eigenvalue weighted by Gasteiger charge is 2.18. The van der Waals surface area contributed by atoms with Crippen LogP contribution in [0.2, 0.25) is 5.02 Å². The average Bonchev–Trinajstić information content (AvgIpc) is 3.12. The van der Waals surface area contributed by atoms with Gasteiger partial charge in [0.05, 0.1) is 11.4 Å². The zero-order valence-electron chi connectivity index (χ0n) is 15.5. The Labute approximate surface area is 173 Å². The van der Waals surface area contributed by atoms with E-state index in [0.717, 1.165) is 16.8 Å². The minimum absolute atomic E-state index is 0.0675.